The van der Waals surface area contributed by atoms with E-state index in [0.717, 1.165) is 0 Å². The van der Waals surface area contributed by atoms with Crippen molar-refractivity contribution in [2.45, 2.75) is 77.0 Å². The molecule has 0 unspecified atom stereocenters. The highest BCUT2D eigenvalue weighted by Crippen LogP contribution is 2.08. The first-order valence-electron chi connectivity index (χ1n) is 14.9. The summed E-state index contributed by atoms with van der Waals surface area (Å²) < 4.78 is 31.3. The summed E-state index contributed by atoms with van der Waals surface area (Å²) in [5.74, 6) is -4.43. The Labute approximate surface area is 267 Å². The Bertz CT molecular complexity index is 926. The van der Waals surface area contributed by atoms with E-state index in [1.807, 2.05) is 5.32 Å². The Morgan fingerprint density at radius 3 is 1.72 bits per heavy atom. The molecular formula is C28H49N3O15. The van der Waals surface area contributed by atoms with Gasteiger partial charge in [-0.1, -0.05) is 0 Å². The van der Waals surface area contributed by atoms with Gasteiger partial charge in [0.1, 0.15) is 11.6 Å². The minimum atomic E-state index is -1.55. The van der Waals surface area contributed by atoms with Gasteiger partial charge in [-0.15, -0.1) is 0 Å². The van der Waals surface area contributed by atoms with Crippen molar-refractivity contribution in [3.05, 3.63) is 0 Å². The maximum absolute atomic E-state index is 11.9. The van der Waals surface area contributed by atoms with Crippen LogP contribution in [0.15, 0.2) is 0 Å². The van der Waals surface area contributed by atoms with E-state index >= 15 is 0 Å². The topological polar surface area (TPSA) is 255 Å². The van der Waals surface area contributed by atoms with Gasteiger partial charge in [0.15, 0.2) is 0 Å². The van der Waals surface area contributed by atoms with Gasteiger partial charge in [-0.3, -0.25) is 9.59 Å². The fourth-order valence-electron chi connectivity index (χ4n) is 3.30. The number of carboxylic acids is 3. The molecule has 0 fully saturated rings. The van der Waals surface area contributed by atoms with E-state index in [9.17, 15) is 33.9 Å². The first-order chi connectivity index (χ1) is 21.7. The van der Waals surface area contributed by atoms with Crippen molar-refractivity contribution in [1.29, 1.82) is 0 Å². The third-order valence-electron chi connectivity index (χ3n) is 5.48. The van der Waals surface area contributed by atoms with E-state index in [1.54, 1.807) is 20.8 Å². The van der Waals surface area contributed by atoms with E-state index in [4.69, 9.17) is 38.6 Å². The molecule has 2 atom stereocenters. The smallest absolute Gasteiger partial charge is 0.408 e. The lowest BCUT2D eigenvalue weighted by Gasteiger charge is -2.19. The number of alkyl carbamates (subject to hydrolysis) is 2. The Morgan fingerprint density at radius 1 is 0.630 bits per heavy atom. The van der Waals surface area contributed by atoms with Crippen LogP contribution in [-0.2, 0) is 47.6 Å². The van der Waals surface area contributed by atoms with Crippen molar-refractivity contribution < 1.29 is 72.5 Å². The number of unbranched alkanes of at least 4 members (excludes halogenated alkanes) is 1. The van der Waals surface area contributed by atoms with E-state index in [0.29, 0.717) is 52.6 Å². The molecule has 0 radical (unpaired) electrons. The Morgan fingerprint density at radius 2 is 1.20 bits per heavy atom. The van der Waals surface area contributed by atoms with Crippen molar-refractivity contribution in [1.82, 2.24) is 16.0 Å². The number of aliphatic carboxylic acids is 3. The Balaban J connectivity index is 3.74. The van der Waals surface area contributed by atoms with E-state index in [1.165, 1.54) is 0 Å². The first kappa shape index (κ1) is 42.3. The van der Waals surface area contributed by atoms with Crippen molar-refractivity contribution in [3.63, 3.8) is 0 Å². The van der Waals surface area contributed by atoms with Crippen LogP contribution in [-0.4, -0.2) is 135 Å². The molecule has 0 spiro atoms. The molecule has 3 amide bonds. The van der Waals surface area contributed by atoms with Crippen LogP contribution in [0.2, 0.25) is 0 Å². The van der Waals surface area contributed by atoms with Crippen LogP contribution in [0, 0.1) is 0 Å². The Kier molecular flexibility index (Phi) is 23.4. The molecule has 0 aromatic rings. The van der Waals surface area contributed by atoms with Crippen LogP contribution < -0.4 is 16.0 Å². The molecular weight excluding hydrogens is 618 g/mol. The van der Waals surface area contributed by atoms with Gasteiger partial charge in [0.25, 0.3) is 0 Å². The zero-order chi connectivity index (χ0) is 34.8. The summed E-state index contributed by atoms with van der Waals surface area (Å²) in [5, 5.41) is 34.2. The summed E-state index contributed by atoms with van der Waals surface area (Å²) in [6.45, 7) is 8.52. The molecule has 266 valence electrons. The molecule has 0 bridgehead atoms. The van der Waals surface area contributed by atoms with Crippen LogP contribution in [0.5, 0.6) is 0 Å². The molecule has 0 heterocycles. The standard InChI is InChI=1S/C28H49N3O15/c1-28(2,3)46-26(39)30-11-13-42-15-17-44-19-18-43-16-14-41-12-9-22(32)29-10-5-4-6-21(25(37)38)45-27(40)31-20(24(35)36)7-8-23(33)34/h20-21H,4-19H2,1-3H3,(H,29,32)(H,30,39)(H,31,40)(H,33,34)(H,35,36)(H,37,38)/t20-,21-/m0/s1. The number of hydrogen-bond acceptors (Lipinski definition) is 12. The molecule has 0 rings (SSSR count). The molecule has 6 N–H and O–H groups in total. The largest absolute Gasteiger partial charge is 0.481 e. The molecule has 0 aliphatic rings. The lowest BCUT2D eigenvalue weighted by Crippen LogP contribution is -2.43. The van der Waals surface area contributed by atoms with E-state index < -0.39 is 60.7 Å². The second kappa shape index (κ2) is 25.5. The van der Waals surface area contributed by atoms with Crippen LogP contribution in [0.25, 0.3) is 0 Å². The van der Waals surface area contributed by atoms with Crippen molar-refractivity contribution >= 4 is 36.0 Å². The van der Waals surface area contributed by atoms with Crippen molar-refractivity contribution in [2.75, 3.05) is 65.9 Å². The second-order valence-electron chi connectivity index (χ2n) is 10.7. The van der Waals surface area contributed by atoms with E-state index in [2.05, 4.69) is 10.6 Å². The fourth-order valence-corrected chi connectivity index (χ4v) is 3.30. The molecule has 18 heteroatoms. The maximum atomic E-state index is 11.9. The van der Waals surface area contributed by atoms with Crippen LogP contribution >= 0.6 is 0 Å². The summed E-state index contributed by atoms with van der Waals surface area (Å²) >= 11 is 0. The summed E-state index contributed by atoms with van der Waals surface area (Å²) in [7, 11) is 0. The van der Waals surface area contributed by atoms with Crippen LogP contribution in [0.1, 0.15) is 59.3 Å². The highest BCUT2D eigenvalue weighted by Gasteiger charge is 2.26. The highest BCUT2D eigenvalue weighted by atomic mass is 16.6. The molecule has 46 heavy (non-hydrogen) atoms. The van der Waals surface area contributed by atoms with Gasteiger partial charge in [-0.05, 0) is 46.5 Å². The summed E-state index contributed by atoms with van der Waals surface area (Å²) in [6, 6.07) is -1.55. The van der Waals surface area contributed by atoms with Crippen LogP contribution in [0.3, 0.4) is 0 Å². The fraction of sp³-hybridized carbons (Fsp3) is 0.786. The van der Waals surface area contributed by atoms with Gasteiger partial charge in [-0.2, -0.15) is 0 Å². The van der Waals surface area contributed by atoms with Gasteiger partial charge in [-0.25, -0.2) is 19.2 Å². The quantitative estimate of drug-likeness (QED) is 0.0661. The molecule has 0 aromatic heterocycles. The lowest BCUT2D eigenvalue weighted by molar-refractivity contribution is -0.147. The SMILES string of the molecule is CC(C)(C)OC(=O)NCCOCCOCCOCCOCCC(=O)NCCCC[C@H](OC(=O)N[C@@H](CCC(=O)O)C(=O)O)C(=O)O. The van der Waals surface area contributed by atoms with Gasteiger partial charge < -0.3 is 59.7 Å². The Hall–Kier alpha value is -3.74. The molecule has 18 nitrogen and oxygen atoms in total. The predicted octanol–water partition coefficient (Wildman–Crippen LogP) is 0.752. The highest BCUT2D eigenvalue weighted by molar-refractivity contribution is 5.82. The number of amides is 3. The number of rotatable bonds is 27. The normalized spacial score (nSPS) is 12.4. The van der Waals surface area contributed by atoms with E-state index in [-0.39, 0.29) is 44.9 Å². The number of carboxylic acid groups (broad SMARTS) is 3. The monoisotopic (exact) mass is 667 g/mol. The third kappa shape index (κ3) is 26.6. The molecule has 0 saturated heterocycles. The minimum absolute atomic E-state index is 0.0808. The van der Waals surface area contributed by atoms with Crippen molar-refractivity contribution in [2.24, 2.45) is 0 Å². The van der Waals surface area contributed by atoms with Gasteiger partial charge >= 0.3 is 30.1 Å². The predicted molar refractivity (Wildman–Crippen MR) is 158 cm³/mol. The lowest BCUT2D eigenvalue weighted by atomic mass is 10.1. The molecule has 0 saturated carbocycles. The number of carbonyl (C=O) groups excluding carboxylic acids is 3. The summed E-state index contributed by atoms with van der Waals surface area (Å²) in [4.78, 5) is 68.4. The zero-order valence-electron chi connectivity index (χ0n) is 26.7. The number of ether oxygens (including phenoxy) is 6. The number of nitrogens with one attached hydrogen (secondary N) is 3. The van der Waals surface area contributed by atoms with Crippen LogP contribution in [0.4, 0.5) is 9.59 Å². The first-order valence-corrected chi connectivity index (χ1v) is 14.9. The molecule has 0 aliphatic carbocycles. The molecule has 0 aliphatic heterocycles. The maximum Gasteiger partial charge on any atom is 0.408 e. The van der Waals surface area contributed by atoms with Gasteiger partial charge in [0, 0.05) is 25.9 Å². The second-order valence-corrected chi connectivity index (χ2v) is 10.7. The zero-order valence-corrected chi connectivity index (χ0v) is 26.7. The summed E-state index contributed by atoms with van der Waals surface area (Å²) in [6.07, 6.45) is -3.54. The number of carbonyl (C=O) groups is 6. The molecule has 0 aromatic carbocycles. The van der Waals surface area contributed by atoms with Gasteiger partial charge in [0.2, 0.25) is 12.0 Å². The van der Waals surface area contributed by atoms with Gasteiger partial charge in [0.05, 0.1) is 52.9 Å². The third-order valence-corrected chi connectivity index (χ3v) is 5.48. The average Bonchev–Trinajstić information content (AvgIpc) is 2.95. The van der Waals surface area contributed by atoms with Crippen molar-refractivity contribution in [3.8, 4) is 0 Å². The summed E-state index contributed by atoms with van der Waals surface area (Å²) in [5.41, 5.74) is -0.552. The minimum Gasteiger partial charge on any atom is -0.481 e. The average molecular weight is 668 g/mol. The number of hydrogen-bond donors (Lipinski definition) is 6.